The lowest BCUT2D eigenvalue weighted by Crippen LogP contribution is -2.46. The van der Waals surface area contributed by atoms with E-state index in [2.05, 4.69) is 41.7 Å². The van der Waals surface area contributed by atoms with Crippen molar-refractivity contribution < 1.29 is 9.53 Å². The van der Waals surface area contributed by atoms with E-state index in [1.807, 2.05) is 35.2 Å². The third-order valence-corrected chi connectivity index (χ3v) is 5.56. The van der Waals surface area contributed by atoms with Gasteiger partial charge in [-0.05, 0) is 35.7 Å². The van der Waals surface area contributed by atoms with Crippen LogP contribution in [0, 0.1) is 0 Å². The molecule has 1 N–H and O–H groups in total. The van der Waals surface area contributed by atoms with Gasteiger partial charge in [-0.15, -0.1) is 0 Å². The smallest absolute Gasteiger partial charge is 0.257 e. The molecule has 0 unspecified atom stereocenters. The number of hydrogen-bond acceptors (Lipinski definition) is 3. The maximum Gasteiger partial charge on any atom is 0.257 e. The summed E-state index contributed by atoms with van der Waals surface area (Å²) >= 11 is 0. The summed E-state index contributed by atoms with van der Waals surface area (Å²) in [6.07, 6.45) is 1.98. The molecule has 2 heterocycles. The summed E-state index contributed by atoms with van der Waals surface area (Å²) < 4.78 is 5.84. The average Bonchev–Trinajstić information content (AvgIpc) is 3.23. The number of carbonyl (C=O) groups excluding carboxylic acids is 1. The lowest BCUT2D eigenvalue weighted by Gasteiger charge is -2.39. The van der Waals surface area contributed by atoms with Crippen molar-refractivity contribution in [2.45, 2.75) is 25.1 Å². The molecule has 2 aliphatic rings. The van der Waals surface area contributed by atoms with Gasteiger partial charge in [-0.3, -0.25) is 4.79 Å². The summed E-state index contributed by atoms with van der Waals surface area (Å²) in [5.74, 6) is 0.0674. The minimum atomic E-state index is -0.206. The minimum Gasteiger partial charge on any atom is -0.376 e. The zero-order valence-electron chi connectivity index (χ0n) is 15.1. The number of nitrogens with zero attached hydrogens (tertiary/aromatic N) is 1. The predicted octanol–water partition coefficient (Wildman–Crippen LogP) is 4.59. The van der Waals surface area contributed by atoms with Crippen LogP contribution in [0.4, 0.5) is 5.69 Å². The van der Waals surface area contributed by atoms with Crippen molar-refractivity contribution >= 4 is 22.4 Å². The molecule has 1 saturated heterocycles. The van der Waals surface area contributed by atoms with Gasteiger partial charge in [0.1, 0.15) is 6.17 Å². The quantitative estimate of drug-likeness (QED) is 0.745. The van der Waals surface area contributed by atoms with Crippen LogP contribution in [0.5, 0.6) is 0 Å². The minimum absolute atomic E-state index is 0.0674. The molecule has 4 heteroatoms. The molecule has 136 valence electrons. The second-order valence-electron chi connectivity index (χ2n) is 7.25. The number of para-hydroxylation sites is 1. The molecule has 4 nitrogen and oxygen atoms in total. The predicted molar refractivity (Wildman–Crippen MR) is 107 cm³/mol. The van der Waals surface area contributed by atoms with Crippen LogP contribution in [-0.4, -0.2) is 30.1 Å². The highest BCUT2D eigenvalue weighted by Gasteiger charge is 2.35. The van der Waals surface area contributed by atoms with E-state index in [-0.39, 0.29) is 18.2 Å². The number of amides is 1. The molecule has 2 atom stereocenters. The van der Waals surface area contributed by atoms with Gasteiger partial charge in [0.2, 0.25) is 0 Å². The first-order valence-corrected chi connectivity index (χ1v) is 9.57. The first-order valence-electron chi connectivity index (χ1n) is 9.57. The first kappa shape index (κ1) is 16.3. The summed E-state index contributed by atoms with van der Waals surface area (Å²) in [6, 6.07) is 22.4. The molecule has 5 rings (SSSR count). The van der Waals surface area contributed by atoms with Crippen LogP contribution in [0.2, 0.25) is 0 Å². The Hall–Kier alpha value is -2.85. The average molecular weight is 358 g/mol. The molecule has 0 saturated carbocycles. The molecule has 0 aromatic heterocycles. The number of hydrogen-bond donors (Lipinski definition) is 1. The zero-order valence-corrected chi connectivity index (χ0v) is 15.1. The normalized spacial score (nSPS) is 21.9. The number of carbonyl (C=O) groups is 1. The van der Waals surface area contributed by atoms with Gasteiger partial charge in [0.15, 0.2) is 0 Å². The number of rotatable bonds is 3. The van der Waals surface area contributed by atoms with Crippen LogP contribution in [0.1, 0.15) is 34.9 Å². The Labute approximate surface area is 158 Å². The molecule has 1 fully saturated rings. The maximum absolute atomic E-state index is 13.4. The van der Waals surface area contributed by atoms with Crippen molar-refractivity contribution in [3.05, 3.63) is 77.9 Å². The molecule has 3 aromatic carbocycles. The van der Waals surface area contributed by atoms with Gasteiger partial charge in [-0.2, -0.15) is 0 Å². The third-order valence-electron chi connectivity index (χ3n) is 5.56. The molecular formula is C23H22N2O2. The van der Waals surface area contributed by atoms with Gasteiger partial charge >= 0.3 is 0 Å². The molecule has 0 spiro atoms. The highest BCUT2D eigenvalue weighted by molar-refractivity contribution is 6.02. The summed E-state index contributed by atoms with van der Waals surface area (Å²) in [5, 5.41) is 5.96. The Bertz CT molecular complexity index is 989. The van der Waals surface area contributed by atoms with Gasteiger partial charge in [0.25, 0.3) is 5.91 Å². The van der Waals surface area contributed by atoms with E-state index < -0.39 is 0 Å². The highest BCUT2D eigenvalue weighted by atomic mass is 16.5. The Morgan fingerprint density at radius 2 is 1.81 bits per heavy atom. The van der Waals surface area contributed by atoms with Crippen LogP contribution in [0.25, 0.3) is 10.8 Å². The fraction of sp³-hybridized carbons (Fsp3) is 0.261. The number of anilines is 1. The second-order valence-corrected chi connectivity index (χ2v) is 7.25. The van der Waals surface area contributed by atoms with Crippen molar-refractivity contribution in [3.8, 4) is 0 Å². The van der Waals surface area contributed by atoms with Gasteiger partial charge < -0.3 is 15.0 Å². The van der Waals surface area contributed by atoms with E-state index in [0.717, 1.165) is 36.3 Å². The van der Waals surface area contributed by atoms with Crippen molar-refractivity contribution in [1.29, 1.82) is 0 Å². The van der Waals surface area contributed by atoms with Gasteiger partial charge in [0.05, 0.1) is 11.7 Å². The van der Waals surface area contributed by atoms with Gasteiger partial charge in [0, 0.05) is 24.4 Å². The molecule has 0 bridgehead atoms. The summed E-state index contributed by atoms with van der Waals surface area (Å²) in [5.41, 5.74) is 2.74. The SMILES string of the molecule is O=C1c2ccccc2N[C@H](c2cccc3ccccc23)N1C[C@H]1CCCO1. The Morgan fingerprint density at radius 3 is 2.70 bits per heavy atom. The fourth-order valence-electron chi connectivity index (χ4n) is 4.22. The van der Waals surface area contributed by atoms with E-state index in [1.165, 1.54) is 10.8 Å². The molecule has 1 amide bonds. The molecule has 2 aliphatic heterocycles. The van der Waals surface area contributed by atoms with Crippen molar-refractivity contribution in [3.63, 3.8) is 0 Å². The van der Waals surface area contributed by atoms with Crippen molar-refractivity contribution in [1.82, 2.24) is 4.90 Å². The van der Waals surface area contributed by atoms with Crippen LogP contribution < -0.4 is 5.32 Å². The van der Waals surface area contributed by atoms with Gasteiger partial charge in [-0.25, -0.2) is 0 Å². The fourth-order valence-corrected chi connectivity index (χ4v) is 4.22. The lowest BCUT2D eigenvalue weighted by molar-refractivity contribution is 0.0428. The molecule has 27 heavy (non-hydrogen) atoms. The van der Waals surface area contributed by atoms with Crippen LogP contribution in [-0.2, 0) is 4.74 Å². The summed E-state index contributed by atoms with van der Waals surface area (Å²) in [4.78, 5) is 15.3. The number of nitrogens with one attached hydrogen (secondary N) is 1. The van der Waals surface area contributed by atoms with E-state index >= 15 is 0 Å². The standard InChI is InChI=1S/C23H22N2O2/c26-23-20-11-3-4-13-21(20)24-22(25(23)15-17-9-6-14-27-17)19-12-5-8-16-7-1-2-10-18(16)19/h1-5,7-8,10-13,17,22,24H,6,9,14-15H2/t17-,22+/m1/s1. The molecular weight excluding hydrogens is 336 g/mol. The number of benzene rings is 3. The van der Waals surface area contributed by atoms with E-state index in [1.54, 1.807) is 0 Å². The first-order chi connectivity index (χ1) is 13.3. The Morgan fingerprint density at radius 1 is 1.00 bits per heavy atom. The van der Waals surface area contributed by atoms with Crippen molar-refractivity contribution in [2.24, 2.45) is 0 Å². The van der Waals surface area contributed by atoms with Crippen LogP contribution in [0.3, 0.4) is 0 Å². The molecule has 0 radical (unpaired) electrons. The zero-order chi connectivity index (χ0) is 18.2. The van der Waals surface area contributed by atoms with Crippen molar-refractivity contribution in [2.75, 3.05) is 18.5 Å². The third kappa shape index (κ3) is 2.86. The van der Waals surface area contributed by atoms with Crippen LogP contribution in [0.15, 0.2) is 66.7 Å². The highest BCUT2D eigenvalue weighted by Crippen LogP contribution is 2.36. The van der Waals surface area contributed by atoms with E-state index in [9.17, 15) is 4.79 Å². The summed E-state index contributed by atoms with van der Waals surface area (Å²) in [7, 11) is 0. The van der Waals surface area contributed by atoms with E-state index in [0.29, 0.717) is 6.54 Å². The lowest BCUT2D eigenvalue weighted by atomic mass is 9.98. The molecule has 0 aliphatic carbocycles. The van der Waals surface area contributed by atoms with E-state index in [4.69, 9.17) is 4.74 Å². The maximum atomic E-state index is 13.4. The topological polar surface area (TPSA) is 41.6 Å². The Kier molecular flexibility index (Phi) is 4.06. The second kappa shape index (κ2) is 6.71. The number of fused-ring (bicyclic) bond motifs is 2. The largest absolute Gasteiger partial charge is 0.376 e. The van der Waals surface area contributed by atoms with Gasteiger partial charge in [-0.1, -0.05) is 54.6 Å². The monoisotopic (exact) mass is 358 g/mol. The van der Waals surface area contributed by atoms with Crippen LogP contribution >= 0.6 is 0 Å². The molecule has 3 aromatic rings. The number of ether oxygens (including phenoxy) is 1. The summed E-state index contributed by atoms with van der Waals surface area (Å²) in [6.45, 7) is 1.39. The Balaban J connectivity index is 1.62.